The number of aromatic nitrogens is 1. The molecule has 0 aliphatic carbocycles. The molecule has 5 nitrogen and oxygen atoms in total. The molecular weight excluding hydrogens is 360 g/mol. The summed E-state index contributed by atoms with van der Waals surface area (Å²) in [6.45, 7) is 2.22. The molecule has 27 heavy (non-hydrogen) atoms. The number of rotatable bonds is 4. The molecule has 0 unspecified atom stereocenters. The maximum atomic E-state index is 13.3. The molecule has 1 amide bonds. The van der Waals surface area contributed by atoms with Gasteiger partial charge in [-0.1, -0.05) is 30.3 Å². The van der Waals surface area contributed by atoms with Gasteiger partial charge < -0.3 is 9.32 Å². The number of hydrogen-bond donors (Lipinski definition) is 0. The summed E-state index contributed by atoms with van der Waals surface area (Å²) in [5, 5.41) is 3.04. The molecule has 2 heterocycles. The Labute approximate surface area is 159 Å². The molecule has 4 rings (SSSR count). The van der Waals surface area contributed by atoms with Crippen LogP contribution in [0.15, 0.2) is 75.6 Å². The molecule has 4 aromatic rings. The summed E-state index contributed by atoms with van der Waals surface area (Å²) in [4.78, 5) is 32.1. The van der Waals surface area contributed by atoms with E-state index < -0.39 is 5.91 Å². The van der Waals surface area contributed by atoms with Crippen LogP contribution in [0.4, 0.5) is 5.69 Å². The molecule has 0 fully saturated rings. The molecule has 0 N–H and O–H groups in total. The first kappa shape index (κ1) is 17.2. The fourth-order valence-corrected chi connectivity index (χ4v) is 3.57. The number of thiazole rings is 1. The van der Waals surface area contributed by atoms with Gasteiger partial charge in [-0.2, -0.15) is 0 Å². The number of amides is 1. The molecule has 2 aromatic carbocycles. The molecule has 0 saturated heterocycles. The fraction of sp³-hybridized carbons (Fsp3) is 0.0952. The molecule has 0 spiro atoms. The lowest BCUT2D eigenvalue weighted by Gasteiger charge is -2.23. The zero-order valence-electron chi connectivity index (χ0n) is 14.6. The molecule has 0 atom stereocenters. The van der Waals surface area contributed by atoms with Crippen molar-refractivity contribution in [1.29, 1.82) is 0 Å². The molecule has 6 heteroatoms. The first-order chi connectivity index (χ1) is 13.1. The average Bonchev–Trinajstić information content (AvgIpc) is 3.20. The lowest BCUT2D eigenvalue weighted by atomic mass is 10.1. The number of benzene rings is 2. The van der Waals surface area contributed by atoms with E-state index in [4.69, 9.17) is 4.42 Å². The van der Waals surface area contributed by atoms with E-state index in [1.807, 2.05) is 36.6 Å². The molecule has 0 aliphatic heterocycles. The number of anilines is 1. The van der Waals surface area contributed by atoms with E-state index in [9.17, 15) is 9.59 Å². The molecule has 134 valence electrons. The van der Waals surface area contributed by atoms with Gasteiger partial charge in [-0.25, -0.2) is 4.98 Å². The number of carbonyl (C=O) groups excluding carboxylic acids is 1. The number of hydrogen-bond acceptors (Lipinski definition) is 5. The van der Waals surface area contributed by atoms with Crippen molar-refractivity contribution >= 4 is 33.9 Å². The van der Waals surface area contributed by atoms with Gasteiger partial charge in [-0.05, 0) is 30.7 Å². The van der Waals surface area contributed by atoms with E-state index in [-0.39, 0.29) is 17.5 Å². The predicted molar refractivity (Wildman–Crippen MR) is 106 cm³/mol. The Bertz CT molecular complexity index is 1170. The molecule has 0 aliphatic rings. The predicted octanol–water partition coefficient (Wildman–Crippen LogP) is 4.40. The monoisotopic (exact) mass is 376 g/mol. The lowest BCUT2D eigenvalue weighted by molar-refractivity contribution is 0.0982. The van der Waals surface area contributed by atoms with Crippen molar-refractivity contribution in [3.05, 3.63) is 92.7 Å². The highest BCUT2D eigenvalue weighted by Crippen LogP contribution is 2.24. The summed E-state index contributed by atoms with van der Waals surface area (Å²) >= 11 is 1.46. The Hall–Kier alpha value is -3.25. The number of carbonyl (C=O) groups is 1. The van der Waals surface area contributed by atoms with E-state index in [2.05, 4.69) is 4.98 Å². The highest BCUT2D eigenvalue weighted by Gasteiger charge is 2.24. The highest BCUT2D eigenvalue weighted by atomic mass is 32.1. The van der Waals surface area contributed by atoms with Crippen molar-refractivity contribution in [2.24, 2.45) is 0 Å². The first-order valence-corrected chi connectivity index (χ1v) is 9.29. The third-order valence-electron chi connectivity index (χ3n) is 4.34. The second-order valence-electron chi connectivity index (χ2n) is 6.08. The zero-order valence-corrected chi connectivity index (χ0v) is 15.4. The Morgan fingerprint density at radius 2 is 1.93 bits per heavy atom. The molecule has 0 saturated carbocycles. The van der Waals surface area contributed by atoms with Crippen molar-refractivity contribution in [3.8, 4) is 0 Å². The first-order valence-electron chi connectivity index (χ1n) is 8.41. The highest BCUT2D eigenvalue weighted by molar-refractivity contribution is 7.09. The van der Waals surface area contributed by atoms with Crippen LogP contribution in [0, 0.1) is 6.92 Å². The Morgan fingerprint density at radius 3 is 2.70 bits per heavy atom. The third-order valence-corrected chi connectivity index (χ3v) is 5.10. The Balaban J connectivity index is 1.82. The van der Waals surface area contributed by atoms with E-state index in [0.29, 0.717) is 11.0 Å². The van der Waals surface area contributed by atoms with Gasteiger partial charge in [0.05, 0.1) is 11.9 Å². The number of fused-ring (bicyclic) bond motifs is 1. The van der Waals surface area contributed by atoms with E-state index in [1.54, 1.807) is 35.4 Å². The minimum Gasteiger partial charge on any atom is -0.463 e. The Kier molecular flexibility index (Phi) is 4.56. The summed E-state index contributed by atoms with van der Waals surface area (Å²) < 4.78 is 5.54. The summed E-state index contributed by atoms with van der Waals surface area (Å²) in [7, 11) is 0. The van der Waals surface area contributed by atoms with Gasteiger partial charge in [-0.15, -0.1) is 11.3 Å². The van der Waals surface area contributed by atoms with E-state index in [1.165, 1.54) is 17.6 Å². The third kappa shape index (κ3) is 3.27. The van der Waals surface area contributed by atoms with Gasteiger partial charge in [0.15, 0.2) is 0 Å². The SMILES string of the molecule is Cc1ccccc1N(Cc1nccs1)C(=O)c1coc2ccccc2c1=O. The van der Waals surface area contributed by atoms with Gasteiger partial charge in [0.1, 0.15) is 22.4 Å². The minimum absolute atomic E-state index is 0.00788. The van der Waals surface area contributed by atoms with Crippen LogP contribution in [0.3, 0.4) is 0 Å². The standard InChI is InChI=1S/C21H16N2O3S/c1-14-6-2-4-8-17(14)23(12-19-22-10-11-27-19)21(25)16-13-26-18-9-5-3-7-15(18)20(16)24/h2-11,13H,12H2,1H3. The van der Waals surface area contributed by atoms with Crippen LogP contribution >= 0.6 is 11.3 Å². The molecule has 0 radical (unpaired) electrons. The lowest BCUT2D eigenvalue weighted by Crippen LogP contribution is -2.34. The van der Waals surface area contributed by atoms with Gasteiger partial charge in [0.2, 0.25) is 5.43 Å². The summed E-state index contributed by atoms with van der Waals surface area (Å²) in [6.07, 6.45) is 2.95. The number of para-hydroxylation sites is 2. The van der Waals surface area contributed by atoms with Gasteiger partial charge in [0, 0.05) is 17.3 Å². The van der Waals surface area contributed by atoms with Crippen molar-refractivity contribution in [1.82, 2.24) is 4.98 Å². The number of nitrogens with zero attached hydrogens (tertiary/aromatic N) is 2. The van der Waals surface area contributed by atoms with Crippen LogP contribution < -0.4 is 10.3 Å². The van der Waals surface area contributed by atoms with Gasteiger partial charge in [0.25, 0.3) is 5.91 Å². The Morgan fingerprint density at radius 1 is 1.15 bits per heavy atom. The van der Waals surface area contributed by atoms with Crippen molar-refractivity contribution in [2.75, 3.05) is 4.90 Å². The number of aryl methyl sites for hydroxylation is 1. The smallest absolute Gasteiger partial charge is 0.265 e. The summed E-state index contributed by atoms with van der Waals surface area (Å²) in [5.74, 6) is -0.404. The molecule has 0 bridgehead atoms. The topological polar surface area (TPSA) is 63.4 Å². The quantitative estimate of drug-likeness (QED) is 0.529. The van der Waals surface area contributed by atoms with Crippen LogP contribution in [0.2, 0.25) is 0 Å². The van der Waals surface area contributed by atoms with Crippen molar-refractivity contribution < 1.29 is 9.21 Å². The average molecular weight is 376 g/mol. The maximum absolute atomic E-state index is 13.3. The van der Waals surface area contributed by atoms with E-state index >= 15 is 0 Å². The van der Waals surface area contributed by atoms with Crippen LogP contribution in [0.5, 0.6) is 0 Å². The van der Waals surface area contributed by atoms with Crippen LogP contribution in [-0.2, 0) is 6.54 Å². The van der Waals surface area contributed by atoms with Gasteiger partial charge in [-0.3, -0.25) is 9.59 Å². The second-order valence-corrected chi connectivity index (χ2v) is 7.06. The fourth-order valence-electron chi connectivity index (χ4n) is 2.97. The van der Waals surface area contributed by atoms with Crippen LogP contribution in [0.1, 0.15) is 20.9 Å². The van der Waals surface area contributed by atoms with Crippen molar-refractivity contribution in [2.45, 2.75) is 13.5 Å². The molecular formula is C21H16N2O3S. The van der Waals surface area contributed by atoms with Crippen LogP contribution in [-0.4, -0.2) is 10.9 Å². The maximum Gasteiger partial charge on any atom is 0.265 e. The van der Waals surface area contributed by atoms with E-state index in [0.717, 1.165) is 16.3 Å². The second kappa shape index (κ2) is 7.17. The van der Waals surface area contributed by atoms with Crippen molar-refractivity contribution in [3.63, 3.8) is 0 Å². The summed E-state index contributed by atoms with van der Waals surface area (Å²) in [6, 6.07) is 14.5. The largest absolute Gasteiger partial charge is 0.463 e. The van der Waals surface area contributed by atoms with Crippen LogP contribution in [0.25, 0.3) is 11.0 Å². The molecule has 2 aromatic heterocycles. The zero-order chi connectivity index (χ0) is 18.8. The summed E-state index contributed by atoms with van der Waals surface area (Å²) in [5.41, 5.74) is 1.81. The van der Waals surface area contributed by atoms with Gasteiger partial charge >= 0.3 is 0 Å². The normalized spacial score (nSPS) is 10.9. The minimum atomic E-state index is -0.404.